The largest absolute Gasteiger partial charge is 0.0648 e. The number of fused-ring (bicyclic) bond motifs is 1. The lowest BCUT2D eigenvalue weighted by atomic mass is 9.71. The zero-order chi connectivity index (χ0) is 6.54. The van der Waals surface area contributed by atoms with Crippen LogP contribution in [0.3, 0.4) is 0 Å². The molecule has 0 bridgehead atoms. The van der Waals surface area contributed by atoms with Gasteiger partial charge in [0.1, 0.15) is 0 Å². The van der Waals surface area contributed by atoms with Crippen LogP contribution in [0.5, 0.6) is 0 Å². The van der Waals surface area contributed by atoms with Crippen molar-refractivity contribution < 1.29 is 0 Å². The fraction of sp³-hybridized carbons (Fsp3) is 1.00. The fourth-order valence-corrected chi connectivity index (χ4v) is 2.97. The fourth-order valence-electron chi connectivity index (χ4n) is 2.97. The molecule has 0 aromatic rings. The average molecular weight is 124 g/mol. The normalized spacial score (nSPS) is 54.0. The summed E-state index contributed by atoms with van der Waals surface area (Å²) in [5, 5.41) is 0. The van der Waals surface area contributed by atoms with E-state index in [4.69, 9.17) is 0 Å². The molecule has 0 unspecified atom stereocenters. The van der Waals surface area contributed by atoms with E-state index in [-0.39, 0.29) is 0 Å². The van der Waals surface area contributed by atoms with Crippen molar-refractivity contribution in [1.29, 1.82) is 0 Å². The van der Waals surface area contributed by atoms with Gasteiger partial charge in [0.05, 0.1) is 0 Å². The Bertz CT molecular complexity index is 115. The summed E-state index contributed by atoms with van der Waals surface area (Å²) in [6.45, 7) is 4.72. The summed E-state index contributed by atoms with van der Waals surface area (Å²) >= 11 is 0. The van der Waals surface area contributed by atoms with E-state index in [9.17, 15) is 0 Å². The Labute approximate surface area is 57.6 Å². The molecule has 2 atom stereocenters. The van der Waals surface area contributed by atoms with E-state index in [1.54, 1.807) is 6.42 Å². The van der Waals surface area contributed by atoms with Gasteiger partial charge in [-0.2, -0.15) is 0 Å². The predicted octanol–water partition coefficient (Wildman–Crippen LogP) is 2.98. The minimum atomic E-state index is 0.877. The topological polar surface area (TPSA) is 0 Å². The highest BCUT2D eigenvalue weighted by atomic mass is 14.7. The molecule has 2 rings (SSSR count). The summed E-state index contributed by atoms with van der Waals surface area (Å²) in [6.07, 6.45) is 7.53. The maximum atomic E-state index is 2.36. The molecule has 2 aliphatic rings. The first-order chi connectivity index (χ1) is 4.29. The number of hydrogen-bond donors (Lipinski definition) is 0. The van der Waals surface area contributed by atoms with Gasteiger partial charge in [0.2, 0.25) is 0 Å². The second-order valence-corrected chi connectivity index (χ2v) is 3.94. The van der Waals surface area contributed by atoms with E-state index in [0.29, 0.717) is 0 Å². The van der Waals surface area contributed by atoms with Crippen LogP contribution in [0.4, 0.5) is 0 Å². The van der Waals surface area contributed by atoms with Crippen LogP contribution in [0, 0.1) is 10.8 Å². The summed E-state index contributed by atoms with van der Waals surface area (Å²) in [7, 11) is 0. The molecule has 0 nitrogen and oxygen atoms in total. The van der Waals surface area contributed by atoms with Gasteiger partial charge in [0.15, 0.2) is 0 Å². The van der Waals surface area contributed by atoms with Crippen molar-refractivity contribution in [2.45, 2.75) is 46.0 Å². The Kier molecular flexibility index (Phi) is 0.868. The minimum absolute atomic E-state index is 0.877. The highest BCUT2D eigenvalue weighted by Crippen LogP contribution is 2.80. The Morgan fingerprint density at radius 3 is 1.56 bits per heavy atom. The molecule has 0 aromatic heterocycles. The lowest BCUT2D eigenvalue weighted by Crippen LogP contribution is -2.23. The zero-order valence-electron chi connectivity index (χ0n) is 6.54. The molecule has 0 saturated heterocycles. The Morgan fingerprint density at radius 1 is 1.00 bits per heavy atom. The molecular weight excluding hydrogens is 108 g/mol. The van der Waals surface area contributed by atoms with Gasteiger partial charge < -0.3 is 0 Å². The third-order valence-electron chi connectivity index (χ3n) is 4.11. The highest BCUT2D eigenvalue weighted by molar-refractivity contribution is 5.20. The molecule has 0 aliphatic heterocycles. The van der Waals surface area contributed by atoms with Crippen LogP contribution in [-0.2, 0) is 0 Å². The standard InChI is InChI=1S/C9H16/c1-3-8-5-6-9(8,4-2)7-8/h3-7H2,1-2H3/t8-,9+. The molecule has 0 N–H and O–H groups in total. The van der Waals surface area contributed by atoms with Crippen LogP contribution < -0.4 is 0 Å². The molecule has 2 aliphatic carbocycles. The third kappa shape index (κ3) is 0.426. The van der Waals surface area contributed by atoms with Crippen LogP contribution >= 0.6 is 0 Å². The molecule has 9 heavy (non-hydrogen) atoms. The second-order valence-electron chi connectivity index (χ2n) is 3.94. The van der Waals surface area contributed by atoms with Gasteiger partial charge >= 0.3 is 0 Å². The van der Waals surface area contributed by atoms with E-state index in [0.717, 1.165) is 10.8 Å². The maximum absolute atomic E-state index is 2.36. The van der Waals surface area contributed by atoms with E-state index in [1.807, 2.05) is 0 Å². The summed E-state index contributed by atoms with van der Waals surface area (Å²) in [4.78, 5) is 0. The van der Waals surface area contributed by atoms with Gasteiger partial charge in [-0.05, 0) is 42.9 Å². The number of rotatable bonds is 2. The van der Waals surface area contributed by atoms with Gasteiger partial charge in [0, 0.05) is 0 Å². The highest BCUT2D eigenvalue weighted by Gasteiger charge is 2.70. The Morgan fingerprint density at radius 2 is 1.44 bits per heavy atom. The lowest BCUT2D eigenvalue weighted by Gasteiger charge is -2.34. The third-order valence-corrected chi connectivity index (χ3v) is 4.11. The Hall–Kier alpha value is 0. The predicted molar refractivity (Wildman–Crippen MR) is 39.3 cm³/mol. The van der Waals surface area contributed by atoms with Gasteiger partial charge in [-0.1, -0.05) is 13.8 Å². The lowest BCUT2D eigenvalue weighted by molar-refractivity contribution is 0.165. The van der Waals surface area contributed by atoms with Crippen molar-refractivity contribution in [2.75, 3.05) is 0 Å². The SMILES string of the molecule is CC[C@@]12CC[C@]1(CC)C2. The van der Waals surface area contributed by atoms with Gasteiger partial charge in [0.25, 0.3) is 0 Å². The van der Waals surface area contributed by atoms with Crippen molar-refractivity contribution in [3.05, 3.63) is 0 Å². The van der Waals surface area contributed by atoms with Crippen molar-refractivity contribution in [1.82, 2.24) is 0 Å². The van der Waals surface area contributed by atoms with Crippen molar-refractivity contribution in [2.24, 2.45) is 10.8 Å². The maximum Gasteiger partial charge on any atom is -0.0238 e. The van der Waals surface area contributed by atoms with Crippen LogP contribution in [0.2, 0.25) is 0 Å². The van der Waals surface area contributed by atoms with Crippen LogP contribution in [0.1, 0.15) is 46.0 Å². The molecule has 0 heteroatoms. The van der Waals surface area contributed by atoms with Gasteiger partial charge in [-0.25, -0.2) is 0 Å². The first-order valence-corrected chi connectivity index (χ1v) is 4.29. The van der Waals surface area contributed by atoms with E-state index >= 15 is 0 Å². The molecule has 0 spiro atoms. The summed E-state index contributed by atoms with van der Waals surface area (Å²) in [5.74, 6) is 0. The number of hydrogen-bond acceptors (Lipinski definition) is 0. The Balaban J connectivity index is 2.09. The summed E-state index contributed by atoms with van der Waals surface area (Å²) < 4.78 is 0. The molecule has 2 saturated carbocycles. The smallest absolute Gasteiger partial charge is 0.0238 e. The monoisotopic (exact) mass is 124 g/mol. The first-order valence-electron chi connectivity index (χ1n) is 4.29. The molecule has 0 aromatic carbocycles. The van der Waals surface area contributed by atoms with Crippen molar-refractivity contribution >= 4 is 0 Å². The van der Waals surface area contributed by atoms with Crippen molar-refractivity contribution in [3.8, 4) is 0 Å². The second kappa shape index (κ2) is 1.36. The first kappa shape index (κ1) is 5.76. The summed E-state index contributed by atoms with van der Waals surface area (Å²) in [5.41, 5.74) is 1.75. The van der Waals surface area contributed by atoms with Crippen LogP contribution in [0.15, 0.2) is 0 Å². The van der Waals surface area contributed by atoms with Crippen LogP contribution in [-0.4, -0.2) is 0 Å². The molecule has 52 valence electrons. The van der Waals surface area contributed by atoms with E-state index < -0.39 is 0 Å². The molecule has 0 radical (unpaired) electrons. The minimum Gasteiger partial charge on any atom is -0.0648 e. The zero-order valence-corrected chi connectivity index (χ0v) is 6.54. The summed E-state index contributed by atoms with van der Waals surface area (Å²) in [6, 6.07) is 0. The average Bonchev–Trinajstić information content (AvgIpc) is 2.33. The van der Waals surface area contributed by atoms with Gasteiger partial charge in [-0.15, -0.1) is 0 Å². The van der Waals surface area contributed by atoms with E-state index in [2.05, 4.69) is 13.8 Å². The molecule has 0 amide bonds. The quantitative estimate of drug-likeness (QED) is 0.531. The molecular formula is C9H16. The van der Waals surface area contributed by atoms with Crippen molar-refractivity contribution in [3.63, 3.8) is 0 Å². The van der Waals surface area contributed by atoms with E-state index in [1.165, 1.54) is 25.7 Å². The molecule has 2 fully saturated rings. The van der Waals surface area contributed by atoms with Crippen LogP contribution in [0.25, 0.3) is 0 Å². The molecule has 0 heterocycles. The van der Waals surface area contributed by atoms with Gasteiger partial charge in [-0.3, -0.25) is 0 Å².